The van der Waals surface area contributed by atoms with Gasteiger partial charge in [-0.25, -0.2) is 4.79 Å². The summed E-state index contributed by atoms with van der Waals surface area (Å²) in [6, 6.07) is 17.5. The van der Waals surface area contributed by atoms with Crippen molar-refractivity contribution in [1.82, 2.24) is 0 Å². The molecule has 1 aliphatic rings. The highest BCUT2D eigenvalue weighted by atomic mass is 31.2. The van der Waals surface area contributed by atoms with Gasteiger partial charge in [0, 0.05) is 5.39 Å². The molecule has 1 unspecified atom stereocenters. The van der Waals surface area contributed by atoms with E-state index < -0.39 is 14.6 Å². The van der Waals surface area contributed by atoms with Crippen LogP contribution in [0.25, 0.3) is 10.8 Å². The minimum absolute atomic E-state index is 0.412. The van der Waals surface area contributed by atoms with Crippen LogP contribution in [0, 0.1) is 6.92 Å². The molecule has 0 bridgehead atoms. The molecule has 0 fully saturated rings. The van der Waals surface area contributed by atoms with Crippen molar-refractivity contribution in [3.63, 3.8) is 0 Å². The van der Waals surface area contributed by atoms with E-state index in [4.69, 9.17) is 13.6 Å². The summed E-state index contributed by atoms with van der Waals surface area (Å²) in [6.07, 6.45) is 3.38. The SMILES string of the molecule is CCCCc1ccc(OP2OC(=O)c3ccc4ccccc4c3O2)c(C)c1. The number of fused-ring (bicyclic) bond motifs is 3. The van der Waals surface area contributed by atoms with Crippen molar-refractivity contribution in [3.8, 4) is 11.5 Å². The van der Waals surface area contributed by atoms with Gasteiger partial charge in [0.05, 0.1) is 0 Å². The monoisotopic (exact) mass is 380 g/mol. The molecular weight excluding hydrogens is 359 g/mol. The highest BCUT2D eigenvalue weighted by Gasteiger charge is 2.33. The van der Waals surface area contributed by atoms with E-state index in [2.05, 4.69) is 19.1 Å². The molecule has 3 aromatic rings. The predicted octanol–water partition coefficient (Wildman–Crippen LogP) is 6.35. The number of carbonyl (C=O) groups is 1. The maximum absolute atomic E-state index is 12.4. The largest absolute Gasteiger partial charge is 0.532 e. The Morgan fingerprint density at radius 2 is 1.89 bits per heavy atom. The van der Waals surface area contributed by atoms with Crippen molar-refractivity contribution in [1.29, 1.82) is 0 Å². The highest BCUT2D eigenvalue weighted by Crippen LogP contribution is 2.50. The summed E-state index contributed by atoms with van der Waals surface area (Å²) < 4.78 is 17.3. The van der Waals surface area contributed by atoms with E-state index in [1.54, 1.807) is 6.07 Å². The van der Waals surface area contributed by atoms with Crippen LogP contribution in [-0.4, -0.2) is 5.97 Å². The lowest BCUT2D eigenvalue weighted by atomic mass is 10.1. The fraction of sp³-hybridized carbons (Fsp3) is 0.227. The van der Waals surface area contributed by atoms with Gasteiger partial charge in [-0.3, -0.25) is 0 Å². The van der Waals surface area contributed by atoms with Crippen molar-refractivity contribution in [3.05, 3.63) is 71.3 Å². The van der Waals surface area contributed by atoms with E-state index in [1.165, 1.54) is 12.0 Å². The molecule has 0 saturated carbocycles. The summed E-state index contributed by atoms with van der Waals surface area (Å²) in [5, 5.41) is 1.90. The number of carbonyl (C=O) groups excluding carboxylic acids is 1. The Balaban J connectivity index is 1.59. The van der Waals surface area contributed by atoms with Gasteiger partial charge in [-0.1, -0.05) is 55.8 Å². The second kappa shape index (κ2) is 7.58. The Morgan fingerprint density at radius 3 is 2.70 bits per heavy atom. The molecule has 0 aromatic heterocycles. The van der Waals surface area contributed by atoms with E-state index in [9.17, 15) is 4.79 Å². The van der Waals surface area contributed by atoms with Gasteiger partial charge in [0.2, 0.25) is 0 Å². The second-order valence-corrected chi connectivity index (χ2v) is 7.65. The van der Waals surface area contributed by atoms with Crippen molar-refractivity contribution < 1.29 is 18.4 Å². The Morgan fingerprint density at radius 1 is 1.04 bits per heavy atom. The van der Waals surface area contributed by atoms with Gasteiger partial charge < -0.3 is 13.6 Å². The first kappa shape index (κ1) is 17.8. The topological polar surface area (TPSA) is 44.8 Å². The molecule has 3 aromatic carbocycles. The fourth-order valence-corrected chi connectivity index (χ4v) is 4.24. The maximum Gasteiger partial charge on any atom is 0.532 e. The van der Waals surface area contributed by atoms with Crippen LogP contribution in [-0.2, 0) is 10.9 Å². The quantitative estimate of drug-likeness (QED) is 0.484. The minimum Gasteiger partial charge on any atom is -0.408 e. The fourth-order valence-electron chi connectivity index (χ4n) is 3.18. The highest BCUT2D eigenvalue weighted by molar-refractivity contribution is 7.43. The summed E-state index contributed by atoms with van der Waals surface area (Å²) in [5.74, 6) is 0.802. The number of unbranched alkanes of at least 4 members (excludes halogenated alkanes) is 1. The van der Waals surface area contributed by atoms with Gasteiger partial charge in [0.1, 0.15) is 11.3 Å². The van der Waals surface area contributed by atoms with Crippen LogP contribution in [0.1, 0.15) is 41.3 Å². The van der Waals surface area contributed by atoms with Gasteiger partial charge in [-0.2, -0.15) is 0 Å². The number of benzene rings is 3. The number of aryl methyl sites for hydroxylation is 2. The summed E-state index contributed by atoms with van der Waals surface area (Å²) in [4.78, 5) is 12.4. The first-order valence-corrected chi connectivity index (χ1v) is 10.2. The van der Waals surface area contributed by atoms with Crippen LogP contribution in [0.5, 0.6) is 11.5 Å². The zero-order valence-electron chi connectivity index (χ0n) is 15.4. The Labute approximate surface area is 160 Å². The van der Waals surface area contributed by atoms with Gasteiger partial charge >= 0.3 is 14.6 Å². The molecule has 0 amide bonds. The molecular formula is C22H21O4P. The predicted molar refractivity (Wildman–Crippen MR) is 107 cm³/mol. The van der Waals surface area contributed by atoms with Crippen LogP contribution < -0.4 is 9.05 Å². The molecule has 0 saturated heterocycles. The molecule has 4 nitrogen and oxygen atoms in total. The van der Waals surface area contributed by atoms with Gasteiger partial charge in [0.15, 0.2) is 5.75 Å². The Hall–Kier alpha value is -2.58. The summed E-state index contributed by atoms with van der Waals surface area (Å²) in [7, 11) is -1.83. The minimum atomic E-state index is -1.83. The van der Waals surface area contributed by atoms with Crippen LogP contribution in [0.15, 0.2) is 54.6 Å². The lowest BCUT2D eigenvalue weighted by Crippen LogP contribution is -2.15. The molecule has 27 heavy (non-hydrogen) atoms. The van der Waals surface area contributed by atoms with E-state index in [-0.39, 0.29) is 0 Å². The van der Waals surface area contributed by atoms with E-state index in [0.717, 1.165) is 29.2 Å². The van der Waals surface area contributed by atoms with Crippen LogP contribution in [0.4, 0.5) is 0 Å². The lowest BCUT2D eigenvalue weighted by Gasteiger charge is -2.24. The summed E-state index contributed by atoms with van der Waals surface area (Å²) in [6.45, 7) is 4.18. The van der Waals surface area contributed by atoms with Gasteiger partial charge in [0.25, 0.3) is 0 Å². The molecule has 0 N–H and O–H groups in total. The van der Waals surface area contributed by atoms with Crippen LogP contribution >= 0.6 is 8.60 Å². The maximum atomic E-state index is 12.4. The first-order chi connectivity index (χ1) is 13.2. The summed E-state index contributed by atoms with van der Waals surface area (Å²) in [5.41, 5.74) is 2.73. The standard InChI is InChI=1S/C22H21O4P/c1-3-4-7-16-10-13-20(15(2)14-16)24-27-25-21-18-9-6-5-8-17(18)11-12-19(21)22(23)26-27/h5-6,8-14H,3-4,7H2,1-2H3. The zero-order chi connectivity index (χ0) is 18.8. The normalized spacial score (nSPS) is 15.8. The molecule has 5 heteroatoms. The third kappa shape index (κ3) is 3.63. The molecule has 0 spiro atoms. The zero-order valence-corrected chi connectivity index (χ0v) is 16.3. The van der Waals surface area contributed by atoms with Gasteiger partial charge in [-0.15, -0.1) is 0 Å². The van der Waals surface area contributed by atoms with Crippen molar-refractivity contribution in [2.24, 2.45) is 0 Å². The summed E-state index contributed by atoms with van der Waals surface area (Å²) >= 11 is 0. The average Bonchev–Trinajstić information content (AvgIpc) is 2.68. The second-order valence-electron chi connectivity index (χ2n) is 6.65. The smallest absolute Gasteiger partial charge is 0.408 e. The lowest BCUT2D eigenvalue weighted by molar-refractivity contribution is 0.0698. The molecule has 138 valence electrons. The van der Waals surface area contributed by atoms with E-state index >= 15 is 0 Å². The third-order valence-corrected chi connectivity index (χ3v) is 5.65. The third-order valence-electron chi connectivity index (χ3n) is 4.65. The van der Waals surface area contributed by atoms with E-state index in [1.807, 2.05) is 43.3 Å². The van der Waals surface area contributed by atoms with Crippen molar-refractivity contribution in [2.75, 3.05) is 0 Å². The Kier molecular flexibility index (Phi) is 5.00. The van der Waals surface area contributed by atoms with Crippen molar-refractivity contribution >= 4 is 25.3 Å². The van der Waals surface area contributed by atoms with Crippen LogP contribution in [0.2, 0.25) is 0 Å². The molecule has 1 aliphatic heterocycles. The molecule has 0 aliphatic carbocycles. The molecule has 4 rings (SSSR count). The van der Waals surface area contributed by atoms with E-state index in [0.29, 0.717) is 17.1 Å². The van der Waals surface area contributed by atoms with Gasteiger partial charge in [-0.05, 0) is 48.4 Å². The first-order valence-electron chi connectivity index (χ1n) is 9.15. The molecule has 1 atom stereocenters. The average molecular weight is 380 g/mol. The van der Waals surface area contributed by atoms with Crippen molar-refractivity contribution in [2.45, 2.75) is 33.1 Å². The van der Waals surface area contributed by atoms with Crippen LogP contribution in [0.3, 0.4) is 0 Å². The number of hydrogen-bond acceptors (Lipinski definition) is 4. The molecule has 0 radical (unpaired) electrons. The molecule has 1 heterocycles. The number of hydrogen-bond donors (Lipinski definition) is 0. The Bertz CT molecular complexity index is 999. The number of rotatable bonds is 5.